The maximum Gasteiger partial charge on any atom is 0.264 e. The Balaban J connectivity index is 1.51. The molecule has 4 rings (SSSR count). The van der Waals surface area contributed by atoms with Crippen molar-refractivity contribution in [2.24, 2.45) is 0 Å². The third kappa shape index (κ3) is 3.91. The van der Waals surface area contributed by atoms with Crippen LogP contribution in [0.25, 0.3) is 16.7 Å². The van der Waals surface area contributed by atoms with E-state index in [1.807, 2.05) is 44.2 Å². The van der Waals surface area contributed by atoms with Gasteiger partial charge in [-0.2, -0.15) is 5.10 Å². The lowest BCUT2D eigenvalue weighted by Crippen LogP contribution is -2.23. The van der Waals surface area contributed by atoms with Gasteiger partial charge in [0.25, 0.3) is 5.56 Å². The molecule has 0 aliphatic rings. The number of aryl methyl sites for hydroxylation is 3. The number of carbonyl (C=O) groups is 1. The summed E-state index contributed by atoms with van der Waals surface area (Å²) in [5.41, 5.74) is 3.24. The Morgan fingerprint density at radius 2 is 1.86 bits per heavy atom. The van der Waals surface area contributed by atoms with Crippen LogP contribution in [0.4, 0.5) is 5.82 Å². The first-order valence-corrected chi connectivity index (χ1v) is 9.24. The first-order chi connectivity index (χ1) is 14.0. The molecule has 146 valence electrons. The summed E-state index contributed by atoms with van der Waals surface area (Å²) in [4.78, 5) is 33.5. The zero-order valence-corrected chi connectivity index (χ0v) is 16.2. The molecule has 0 atom stereocenters. The Hall–Kier alpha value is -3.81. The maximum atomic E-state index is 12.8. The molecule has 8 heteroatoms. The van der Waals surface area contributed by atoms with Crippen molar-refractivity contribution >= 4 is 22.8 Å². The minimum atomic E-state index is -0.227. The van der Waals surface area contributed by atoms with Gasteiger partial charge in [-0.05, 0) is 43.7 Å². The lowest BCUT2D eigenvalue weighted by atomic mass is 10.2. The van der Waals surface area contributed by atoms with Gasteiger partial charge in [-0.1, -0.05) is 17.7 Å². The van der Waals surface area contributed by atoms with E-state index in [0.29, 0.717) is 16.9 Å². The second-order valence-electron chi connectivity index (χ2n) is 6.89. The molecule has 1 amide bonds. The highest BCUT2D eigenvalue weighted by molar-refractivity contribution is 5.89. The highest BCUT2D eigenvalue weighted by atomic mass is 16.2. The number of anilines is 1. The molecular formula is C21H20N6O2. The fraction of sp³-hybridized carbons (Fsp3) is 0.190. The van der Waals surface area contributed by atoms with Crippen LogP contribution in [0.3, 0.4) is 0 Å². The predicted octanol–water partition coefficient (Wildman–Crippen LogP) is 2.62. The van der Waals surface area contributed by atoms with Crippen LogP contribution in [0.1, 0.15) is 17.5 Å². The first kappa shape index (κ1) is 18.5. The summed E-state index contributed by atoms with van der Waals surface area (Å²) in [6, 6.07) is 11.5. The molecule has 4 aromatic rings. The Bertz CT molecular complexity index is 1240. The van der Waals surface area contributed by atoms with E-state index in [9.17, 15) is 9.59 Å². The summed E-state index contributed by atoms with van der Waals surface area (Å²) in [7, 11) is 0. The average Bonchev–Trinajstić information content (AvgIpc) is 3.13. The normalized spacial score (nSPS) is 11.0. The zero-order chi connectivity index (χ0) is 20.4. The molecule has 0 unspecified atom stereocenters. The molecule has 1 N–H and O–H groups in total. The number of hydrogen-bond acceptors (Lipinski definition) is 5. The largest absolute Gasteiger partial charge is 0.311 e. The lowest BCUT2D eigenvalue weighted by Gasteiger charge is -2.07. The van der Waals surface area contributed by atoms with Gasteiger partial charge in [0, 0.05) is 19.2 Å². The quantitative estimate of drug-likeness (QED) is 0.567. The summed E-state index contributed by atoms with van der Waals surface area (Å²) in [5, 5.41) is 7.46. The fourth-order valence-electron chi connectivity index (χ4n) is 3.01. The number of nitrogens with zero attached hydrogens (tertiary/aromatic N) is 5. The predicted molar refractivity (Wildman–Crippen MR) is 110 cm³/mol. The molecule has 3 heterocycles. The van der Waals surface area contributed by atoms with Crippen molar-refractivity contribution in [1.82, 2.24) is 24.3 Å². The number of fused-ring (bicyclic) bond motifs is 1. The van der Waals surface area contributed by atoms with Crippen molar-refractivity contribution in [3.05, 3.63) is 76.6 Å². The maximum absolute atomic E-state index is 12.8. The molecule has 0 saturated carbocycles. The minimum Gasteiger partial charge on any atom is -0.311 e. The molecule has 0 radical (unpaired) electrons. The number of amides is 1. The summed E-state index contributed by atoms with van der Waals surface area (Å²) in [6.45, 7) is 4.15. The van der Waals surface area contributed by atoms with Gasteiger partial charge in [0.05, 0.1) is 18.2 Å². The molecule has 0 fully saturated rings. The van der Waals surface area contributed by atoms with Gasteiger partial charge in [0.2, 0.25) is 5.91 Å². The molecule has 3 aromatic heterocycles. The van der Waals surface area contributed by atoms with Crippen molar-refractivity contribution in [3.63, 3.8) is 0 Å². The number of carbonyl (C=O) groups excluding carboxylic acids is 1. The van der Waals surface area contributed by atoms with Gasteiger partial charge in [-0.25, -0.2) is 14.6 Å². The number of hydrogen-bond donors (Lipinski definition) is 1. The van der Waals surface area contributed by atoms with Gasteiger partial charge >= 0.3 is 0 Å². The minimum absolute atomic E-state index is 0.134. The number of aromatic nitrogens is 5. The van der Waals surface area contributed by atoms with Gasteiger partial charge in [-0.15, -0.1) is 0 Å². The van der Waals surface area contributed by atoms with Gasteiger partial charge in [-0.3, -0.25) is 14.2 Å². The van der Waals surface area contributed by atoms with Crippen molar-refractivity contribution in [1.29, 1.82) is 0 Å². The number of nitrogens with one attached hydrogen (secondary N) is 1. The van der Waals surface area contributed by atoms with Crippen molar-refractivity contribution in [3.8, 4) is 5.69 Å². The Morgan fingerprint density at radius 1 is 1.07 bits per heavy atom. The highest BCUT2D eigenvalue weighted by Gasteiger charge is 2.12. The van der Waals surface area contributed by atoms with Crippen LogP contribution in [0, 0.1) is 13.8 Å². The lowest BCUT2D eigenvalue weighted by molar-refractivity contribution is -0.116. The van der Waals surface area contributed by atoms with Crippen LogP contribution in [-0.4, -0.2) is 30.2 Å². The van der Waals surface area contributed by atoms with Crippen molar-refractivity contribution in [2.75, 3.05) is 5.32 Å². The van der Waals surface area contributed by atoms with Gasteiger partial charge in [0.15, 0.2) is 5.65 Å². The molecule has 1 aromatic carbocycles. The Labute approximate surface area is 166 Å². The zero-order valence-electron chi connectivity index (χ0n) is 16.2. The van der Waals surface area contributed by atoms with E-state index in [4.69, 9.17) is 0 Å². The van der Waals surface area contributed by atoms with Gasteiger partial charge < -0.3 is 5.32 Å². The number of rotatable bonds is 5. The molecule has 0 saturated heterocycles. The van der Waals surface area contributed by atoms with E-state index in [-0.39, 0.29) is 24.4 Å². The Morgan fingerprint density at radius 3 is 2.62 bits per heavy atom. The van der Waals surface area contributed by atoms with Crippen LogP contribution in [0.5, 0.6) is 0 Å². The smallest absolute Gasteiger partial charge is 0.264 e. The summed E-state index contributed by atoms with van der Waals surface area (Å²) >= 11 is 0. The molecule has 0 aliphatic heterocycles. The van der Waals surface area contributed by atoms with Crippen LogP contribution < -0.4 is 10.9 Å². The van der Waals surface area contributed by atoms with E-state index in [2.05, 4.69) is 20.4 Å². The molecular weight excluding hydrogens is 368 g/mol. The van der Waals surface area contributed by atoms with E-state index in [1.54, 1.807) is 16.9 Å². The van der Waals surface area contributed by atoms with Crippen LogP contribution in [-0.2, 0) is 11.3 Å². The second kappa shape index (κ2) is 7.67. The van der Waals surface area contributed by atoms with Crippen LogP contribution >= 0.6 is 0 Å². The molecule has 0 aliphatic carbocycles. The summed E-state index contributed by atoms with van der Waals surface area (Å²) < 4.78 is 3.06. The second-order valence-corrected chi connectivity index (χ2v) is 6.89. The average molecular weight is 388 g/mol. The molecule has 0 bridgehead atoms. The molecule has 29 heavy (non-hydrogen) atoms. The first-order valence-electron chi connectivity index (χ1n) is 9.24. The van der Waals surface area contributed by atoms with E-state index in [1.165, 1.54) is 17.1 Å². The molecule has 8 nitrogen and oxygen atoms in total. The van der Waals surface area contributed by atoms with Crippen LogP contribution in [0.15, 0.2) is 59.9 Å². The standard InChI is InChI=1S/C21H20N6O2/c1-14-3-5-16(6-4-14)27-20-17(12-24-27)21(29)26(13-23-20)10-8-19(28)25-18-11-15(2)7-9-22-18/h3-7,9,11-13H,8,10H2,1-2H3,(H,22,25,28). The Kier molecular flexibility index (Phi) is 4.90. The van der Waals surface area contributed by atoms with E-state index < -0.39 is 0 Å². The monoisotopic (exact) mass is 388 g/mol. The number of benzene rings is 1. The molecule has 0 spiro atoms. The summed E-state index contributed by atoms with van der Waals surface area (Å²) in [5.74, 6) is 0.278. The van der Waals surface area contributed by atoms with Crippen LogP contribution in [0.2, 0.25) is 0 Å². The van der Waals surface area contributed by atoms with Crippen molar-refractivity contribution < 1.29 is 4.79 Å². The van der Waals surface area contributed by atoms with E-state index >= 15 is 0 Å². The van der Waals surface area contributed by atoms with Crippen molar-refractivity contribution in [2.45, 2.75) is 26.8 Å². The topological polar surface area (TPSA) is 94.7 Å². The van der Waals surface area contributed by atoms with Gasteiger partial charge in [0.1, 0.15) is 11.2 Å². The fourth-order valence-corrected chi connectivity index (χ4v) is 3.01. The highest BCUT2D eigenvalue weighted by Crippen LogP contribution is 2.14. The summed E-state index contributed by atoms with van der Waals surface area (Å²) in [6.07, 6.45) is 4.74. The van der Waals surface area contributed by atoms with E-state index in [0.717, 1.165) is 16.8 Å². The SMILES string of the molecule is Cc1ccc(-n2ncc3c(=O)n(CCC(=O)Nc4cc(C)ccn4)cnc32)cc1. The third-order valence-corrected chi connectivity index (χ3v) is 4.60. The third-order valence-electron chi connectivity index (χ3n) is 4.60. The number of pyridine rings is 1.